The highest BCUT2D eigenvalue weighted by atomic mass is 32.2. The van der Waals surface area contributed by atoms with E-state index in [0.717, 1.165) is 4.31 Å². The smallest absolute Gasteiger partial charge is 0.260 e. The Morgan fingerprint density at radius 2 is 2.36 bits per heavy atom. The van der Waals surface area contributed by atoms with E-state index in [1.165, 1.54) is 26.2 Å². The molecule has 0 aliphatic heterocycles. The Morgan fingerprint density at radius 1 is 1.71 bits per heavy atom. The fourth-order valence-corrected chi connectivity index (χ4v) is 2.01. The number of hydrogen-bond acceptors (Lipinski definition) is 4. The predicted molar refractivity (Wildman–Crippen MR) is 48.6 cm³/mol. The third-order valence-corrected chi connectivity index (χ3v) is 3.72. The van der Waals surface area contributed by atoms with Crippen LogP contribution < -0.4 is 0 Å². The summed E-state index contributed by atoms with van der Waals surface area (Å²) in [5.41, 5.74) is 0. The SMILES string of the molecule is CC(C#N)N(C)S(=O)(=O)c1ccn[nH]1. The fraction of sp³-hybridized carbons (Fsp3) is 0.429. The molecule has 6 nitrogen and oxygen atoms in total. The summed E-state index contributed by atoms with van der Waals surface area (Å²) in [5, 5.41) is 14.5. The van der Waals surface area contributed by atoms with E-state index < -0.39 is 16.1 Å². The molecule has 0 aliphatic rings. The quantitative estimate of drug-likeness (QED) is 0.763. The monoisotopic (exact) mass is 214 g/mol. The highest BCUT2D eigenvalue weighted by Crippen LogP contribution is 2.12. The maximum atomic E-state index is 11.7. The molecule has 0 fully saturated rings. The molecule has 1 atom stereocenters. The van der Waals surface area contributed by atoms with E-state index >= 15 is 0 Å². The van der Waals surface area contributed by atoms with Gasteiger partial charge in [0.15, 0.2) is 5.03 Å². The number of nitrogens with one attached hydrogen (secondary N) is 1. The standard InChI is InChI=1S/C7H10N4O2S/c1-6(5-8)11(2)14(12,13)7-3-4-9-10-7/h3-4,6H,1-2H3,(H,9,10). The summed E-state index contributed by atoms with van der Waals surface area (Å²) in [6, 6.07) is 2.48. The van der Waals surface area contributed by atoms with E-state index in [1.54, 1.807) is 0 Å². The number of rotatable bonds is 3. The first-order valence-electron chi connectivity index (χ1n) is 3.87. The van der Waals surface area contributed by atoms with Crippen LogP contribution in [0.25, 0.3) is 0 Å². The molecule has 1 heterocycles. The van der Waals surface area contributed by atoms with Gasteiger partial charge in [-0.15, -0.1) is 0 Å². The van der Waals surface area contributed by atoms with Gasteiger partial charge in [-0.05, 0) is 13.0 Å². The maximum Gasteiger partial charge on any atom is 0.260 e. The summed E-state index contributed by atoms with van der Waals surface area (Å²) < 4.78 is 24.4. The number of H-pyrrole nitrogens is 1. The zero-order valence-electron chi connectivity index (χ0n) is 7.80. The van der Waals surface area contributed by atoms with Crippen molar-refractivity contribution in [1.82, 2.24) is 14.5 Å². The molecule has 0 radical (unpaired) electrons. The second-order valence-electron chi connectivity index (χ2n) is 2.75. The molecule has 14 heavy (non-hydrogen) atoms. The molecule has 0 aliphatic carbocycles. The summed E-state index contributed by atoms with van der Waals surface area (Å²) in [6.45, 7) is 1.51. The zero-order chi connectivity index (χ0) is 10.8. The molecular formula is C7H10N4O2S. The molecule has 0 spiro atoms. The van der Waals surface area contributed by atoms with Crippen molar-refractivity contribution < 1.29 is 8.42 Å². The van der Waals surface area contributed by atoms with Crippen molar-refractivity contribution in [3.63, 3.8) is 0 Å². The van der Waals surface area contributed by atoms with Gasteiger partial charge in [-0.2, -0.15) is 14.7 Å². The van der Waals surface area contributed by atoms with E-state index in [9.17, 15) is 8.42 Å². The van der Waals surface area contributed by atoms with Gasteiger partial charge in [0.2, 0.25) is 0 Å². The van der Waals surface area contributed by atoms with Crippen LogP contribution in [-0.2, 0) is 10.0 Å². The lowest BCUT2D eigenvalue weighted by molar-refractivity contribution is 0.439. The molecule has 1 rings (SSSR count). The largest absolute Gasteiger partial charge is 0.266 e. The lowest BCUT2D eigenvalue weighted by atomic mass is 10.4. The van der Waals surface area contributed by atoms with Gasteiger partial charge in [0, 0.05) is 7.05 Å². The molecule has 7 heteroatoms. The molecule has 0 saturated carbocycles. The number of aromatic nitrogens is 2. The van der Waals surface area contributed by atoms with Crippen molar-refractivity contribution in [3.05, 3.63) is 12.3 Å². The molecular weight excluding hydrogens is 204 g/mol. The van der Waals surface area contributed by atoms with Crippen LogP contribution in [0.15, 0.2) is 17.3 Å². The van der Waals surface area contributed by atoms with Crippen LogP contribution in [0.5, 0.6) is 0 Å². The number of sulfonamides is 1. The molecule has 0 aromatic carbocycles. The predicted octanol–water partition coefficient (Wildman–Crippen LogP) is -0.0577. The minimum absolute atomic E-state index is 0.0119. The number of hydrogen-bond donors (Lipinski definition) is 1. The average Bonchev–Trinajstić information content (AvgIpc) is 2.68. The van der Waals surface area contributed by atoms with Crippen LogP contribution in [0.1, 0.15) is 6.92 Å². The van der Waals surface area contributed by atoms with Gasteiger partial charge in [-0.3, -0.25) is 5.10 Å². The van der Waals surface area contributed by atoms with Crippen molar-refractivity contribution in [1.29, 1.82) is 5.26 Å². The zero-order valence-corrected chi connectivity index (χ0v) is 8.61. The lowest BCUT2D eigenvalue weighted by Crippen LogP contribution is -2.34. The summed E-state index contributed by atoms with van der Waals surface area (Å²) in [5.74, 6) is 0. The first-order chi connectivity index (χ1) is 6.50. The van der Waals surface area contributed by atoms with Gasteiger partial charge in [0.1, 0.15) is 6.04 Å². The van der Waals surface area contributed by atoms with Gasteiger partial charge in [-0.25, -0.2) is 8.42 Å². The Labute approximate surface area is 82.2 Å². The average molecular weight is 214 g/mol. The van der Waals surface area contributed by atoms with Crippen LogP contribution in [0, 0.1) is 11.3 Å². The molecule has 1 N–H and O–H groups in total. The first kappa shape index (κ1) is 10.7. The van der Waals surface area contributed by atoms with Gasteiger partial charge in [-0.1, -0.05) is 0 Å². The van der Waals surface area contributed by atoms with Crippen molar-refractivity contribution in [2.45, 2.75) is 18.0 Å². The Balaban J connectivity index is 3.05. The van der Waals surface area contributed by atoms with Crippen molar-refractivity contribution in [3.8, 4) is 6.07 Å². The fourth-order valence-electron chi connectivity index (χ4n) is 0.831. The molecule has 1 aromatic rings. The minimum atomic E-state index is -3.61. The van der Waals surface area contributed by atoms with Crippen LogP contribution in [0.4, 0.5) is 0 Å². The second-order valence-corrected chi connectivity index (χ2v) is 4.71. The molecule has 0 saturated heterocycles. The van der Waals surface area contributed by atoms with Gasteiger partial charge in [0.25, 0.3) is 10.0 Å². The summed E-state index contributed by atoms with van der Waals surface area (Å²) in [6.07, 6.45) is 1.35. The third kappa shape index (κ3) is 1.76. The van der Waals surface area contributed by atoms with Crippen molar-refractivity contribution in [2.24, 2.45) is 0 Å². The Morgan fingerprint density at radius 3 is 2.79 bits per heavy atom. The van der Waals surface area contributed by atoms with Gasteiger partial charge < -0.3 is 0 Å². The highest BCUT2D eigenvalue weighted by molar-refractivity contribution is 7.89. The van der Waals surface area contributed by atoms with E-state index in [0.29, 0.717) is 0 Å². The molecule has 76 valence electrons. The third-order valence-electron chi connectivity index (χ3n) is 1.86. The minimum Gasteiger partial charge on any atom is -0.266 e. The number of nitrogens with zero attached hydrogens (tertiary/aromatic N) is 3. The molecule has 1 aromatic heterocycles. The Hall–Kier alpha value is -1.39. The normalized spacial score (nSPS) is 13.9. The van der Waals surface area contributed by atoms with E-state index in [4.69, 9.17) is 5.26 Å². The summed E-state index contributed by atoms with van der Waals surface area (Å²) >= 11 is 0. The Kier molecular flexibility index (Phi) is 2.88. The van der Waals surface area contributed by atoms with Gasteiger partial charge >= 0.3 is 0 Å². The van der Waals surface area contributed by atoms with E-state index in [-0.39, 0.29) is 5.03 Å². The van der Waals surface area contributed by atoms with Crippen LogP contribution >= 0.6 is 0 Å². The number of nitriles is 1. The first-order valence-corrected chi connectivity index (χ1v) is 5.31. The van der Waals surface area contributed by atoms with Gasteiger partial charge in [0.05, 0.1) is 12.3 Å². The topological polar surface area (TPSA) is 89.8 Å². The van der Waals surface area contributed by atoms with E-state index in [1.807, 2.05) is 6.07 Å². The van der Waals surface area contributed by atoms with Crippen molar-refractivity contribution in [2.75, 3.05) is 7.05 Å². The highest BCUT2D eigenvalue weighted by Gasteiger charge is 2.26. The maximum absolute atomic E-state index is 11.7. The van der Waals surface area contributed by atoms with Crippen LogP contribution in [0.2, 0.25) is 0 Å². The second kappa shape index (κ2) is 3.77. The van der Waals surface area contributed by atoms with Crippen molar-refractivity contribution >= 4 is 10.0 Å². The van der Waals surface area contributed by atoms with Crippen LogP contribution in [-0.4, -0.2) is 36.0 Å². The van der Waals surface area contributed by atoms with Crippen LogP contribution in [0.3, 0.4) is 0 Å². The summed E-state index contributed by atoms with van der Waals surface area (Å²) in [4.78, 5) is 0. The molecule has 1 unspecified atom stereocenters. The lowest BCUT2D eigenvalue weighted by Gasteiger charge is -2.17. The summed E-state index contributed by atoms with van der Waals surface area (Å²) in [7, 11) is -2.26. The Bertz CT molecular complexity index is 431. The molecule has 0 amide bonds. The van der Waals surface area contributed by atoms with E-state index in [2.05, 4.69) is 10.2 Å². The molecule has 0 bridgehead atoms. The number of aromatic amines is 1.